The summed E-state index contributed by atoms with van der Waals surface area (Å²) < 4.78 is 32.7. The quantitative estimate of drug-likeness (QED) is 0.555. The van der Waals surface area contributed by atoms with Crippen LogP contribution in [0.15, 0.2) is 23.1 Å². The summed E-state index contributed by atoms with van der Waals surface area (Å²) in [6.45, 7) is 8.34. The van der Waals surface area contributed by atoms with E-state index in [1.807, 2.05) is 13.8 Å². The van der Waals surface area contributed by atoms with Gasteiger partial charge in [-0.3, -0.25) is 9.69 Å². The summed E-state index contributed by atoms with van der Waals surface area (Å²) in [6.07, 6.45) is 10.5. The maximum absolute atomic E-state index is 12.8. The fraction of sp³-hybridized carbons (Fsp3) is 0.476. The second kappa shape index (κ2) is 11.5. The Morgan fingerprint density at radius 3 is 2.24 bits per heavy atom. The molecule has 0 aliphatic rings. The van der Waals surface area contributed by atoms with Crippen LogP contribution in [0.1, 0.15) is 27.7 Å². The molecule has 158 valence electrons. The lowest BCUT2D eigenvalue weighted by atomic mass is 10.2. The Morgan fingerprint density at radius 1 is 1.17 bits per heavy atom. The SMILES string of the molecule is C#CCN(CC#C)CC(=O)Nc1cc(S(=O)(=O)N(CC)CC)ccc1OC(C)C. The van der Waals surface area contributed by atoms with Crippen LogP contribution >= 0.6 is 0 Å². The molecule has 0 saturated heterocycles. The Bertz CT molecular complexity index is 862. The number of amides is 1. The summed E-state index contributed by atoms with van der Waals surface area (Å²) >= 11 is 0. The van der Waals surface area contributed by atoms with E-state index in [0.29, 0.717) is 18.8 Å². The van der Waals surface area contributed by atoms with Gasteiger partial charge in [0.25, 0.3) is 0 Å². The molecule has 1 rings (SSSR count). The molecule has 8 heteroatoms. The van der Waals surface area contributed by atoms with E-state index in [1.54, 1.807) is 24.8 Å². The van der Waals surface area contributed by atoms with Crippen LogP contribution in [0.5, 0.6) is 5.75 Å². The molecule has 29 heavy (non-hydrogen) atoms. The van der Waals surface area contributed by atoms with Crippen molar-refractivity contribution >= 4 is 21.6 Å². The van der Waals surface area contributed by atoms with Crippen LogP contribution in [0.4, 0.5) is 5.69 Å². The van der Waals surface area contributed by atoms with Gasteiger partial charge in [-0.15, -0.1) is 12.8 Å². The van der Waals surface area contributed by atoms with E-state index in [2.05, 4.69) is 17.2 Å². The number of carbonyl (C=O) groups excluding carboxylic acids is 1. The zero-order valence-electron chi connectivity index (χ0n) is 17.4. The highest BCUT2D eigenvalue weighted by molar-refractivity contribution is 7.89. The van der Waals surface area contributed by atoms with Crippen LogP contribution in [0, 0.1) is 24.7 Å². The average molecular weight is 420 g/mol. The Balaban J connectivity index is 3.23. The van der Waals surface area contributed by atoms with E-state index >= 15 is 0 Å². The molecule has 0 fully saturated rings. The number of anilines is 1. The highest BCUT2D eigenvalue weighted by Gasteiger charge is 2.23. The lowest BCUT2D eigenvalue weighted by molar-refractivity contribution is -0.117. The topological polar surface area (TPSA) is 79.0 Å². The van der Waals surface area contributed by atoms with Crippen molar-refractivity contribution in [3.63, 3.8) is 0 Å². The van der Waals surface area contributed by atoms with E-state index < -0.39 is 10.0 Å². The Kier molecular flexibility index (Phi) is 9.70. The van der Waals surface area contributed by atoms with Crippen molar-refractivity contribution in [3.05, 3.63) is 18.2 Å². The zero-order chi connectivity index (χ0) is 22.0. The van der Waals surface area contributed by atoms with Crippen LogP contribution < -0.4 is 10.1 Å². The third kappa shape index (κ3) is 7.10. The number of hydrogen-bond acceptors (Lipinski definition) is 5. The highest BCUT2D eigenvalue weighted by atomic mass is 32.2. The number of nitrogens with one attached hydrogen (secondary N) is 1. The fourth-order valence-corrected chi connectivity index (χ4v) is 4.14. The largest absolute Gasteiger partial charge is 0.489 e. The normalized spacial score (nSPS) is 11.3. The highest BCUT2D eigenvalue weighted by Crippen LogP contribution is 2.30. The maximum Gasteiger partial charge on any atom is 0.243 e. The minimum absolute atomic E-state index is 0.0253. The van der Waals surface area contributed by atoms with Gasteiger partial charge in [0.15, 0.2) is 0 Å². The molecule has 0 bridgehead atoms. The molecule has 0 heterocycles. The molecule has 0 atom stereocenters. The minimum Gasteiger partial charge on any atom is -0.489 e. The van der Waals surface area contributed by atoms with Gasteiger partial charge in [-0.25, -0.2) is 8.42 Å². The summed E-state index contributed by atoms with van der Waals surface area (Å²) in [4.78, 5) is 14.2. The minimum atomic E-state index is -3.68. The van der Waals surface area contributed by atoms with E-state index in [9.17, 15) is 13.2 Å². The molecule has 1 aromatic rings. The average Bonchev–Trinajstić information content (AvgIpc) is 2.63. The first-order valence-electron chi connectivity index (χ1n) is 9.39. The van der Waals surface area contributed by atoms with E-state index in [4.69, 9.17) is 17.6 Å². The maximum atomic E-state index is 12.8. The van der Waals surface area contributed by atoms with Gasteiger partial charge in [0.05, 0.1) is 36.3 Å². The van der Waals surface area contributed by atoms with Gasteiger partial charge >= 0.3 is 0 Å². The first kappa shape index (κ1) is 24.5. The van der Waals surface area contributed by atoms with Crippen LogP contribution in [0.3, 0.4) is 0 Å². The van der Waals surface area contributed by atoms with Crippen molar-refractivity contribution in [2.75, 3.05) is 38.0 Å². The number of carbonyl (C=O) groups is 1. The van der Waals surface area contributed by atoms with Gasteiger partial charge in [-0.2, -0.15) is 4.31 Å². The summed E-state index contributed by atoms with van der Waals surface area (Å²) in [5.41, 5.74) is 0.276. The third-order valence-electron chi connectivity index (χ3n) is 3.93. The number of nitrogens with zero attached hydrogens (tertiary/aromatic N) is 2. The van der Waals surface area contributed by atoms with Crippen molar-refractivity contribution in [1.29, 1.82) is 0 Å². The number of hydrogen-bond donors (Lipinski definition) is 1. The number of benzene rings is 1. The molecule has 1 aromatic carbocycles. The second-order valence-electron chi connectivity index (χ2n) is 6.52. The van der Waals surface area contributed by atoms with Gasteiger partial charge in [-0.05, 0) is 32.0 Å². The van der Waals surface area contributed by atoms with Crippen LogP contribution in [0.2, 0.25) is 0 Å². The van der Waals surface area contributed by atoms with Crippen molar-refractivity contribution in [1.82, 2.24) is 9.21 Å². The van der Waals surface area contributed by atoms with Crippen molar-refractivity contribution in [2.24, 2.45) is 0 Å². The molecule has 0 unspecified atom stereocenters. The number of ether oxygens (including phenoxy) is 1. The second-order valence-corrected chi connectivity index (χ2v) is 8.45. The molecular weight excluding hydrogens is 390 g/mol. The van der Waals surface area contributed by atoms with Crippen molar-refractivity contribution in [2.45, 2.75) is 38.7 Å². The zero-order valence-corrected chi connectivity index (χ0v) is 18.3. The van der Waals surface area contributed by atoms with Gasteiger partial charge in [0, 0.05) is 13.1 Å². The third-order valence-corrected chi connectivity index (χ3v) is 5.97. The van der Waals surface area contributed by atoms with Crippen molar-refractivity contribution in [3.8, 4) is 30.4 Å². The van der Waals surface area contributed by atoms with Gasteiger partial charge in [-0.1, -0.05) is 25.7 Å². The van der Waals surface area contributed by atoms with Gasteiger partial charge in [0.2, 0.25) is 15.9 Å². The van der Waals surface area contributed by atoms with E-state index in [-0.39, 0.29) is 42.2 Å². The molecule has 0 saturated carbocycles. The number of terminal acetylenes is 2. The molecule has 7 nitrogen and oxygen atoms in total. The predicted molar refractivity (Wildman–Crippen MR) is 115 cm³/mol. The molecule has 1 N–H and O–H groups in total. The molecule has 0 aliphatic carbocycles. The lowest BCUT2D eigenvalue weighted by Gasteiger charge is -2.21. The lowest BCUT2D eigenvalue weighted by Crippen LogP contribution is -2.34. The summed E-state index contributed by atoms with van der Waals surface area (Å²) in [5, 5.41) is 2.72. The first-order chi connectivity index (χ1) is 13.7. The molecule has 0 radical (unpaired) electrons. The Hall–Kier alpha value is -2.52. The van der Waals surface area contributed by atoms with E-state index in [0.717, 1.165) is 0 Å². The van der Waals surface area contributed by atoms with Crippen LogP contribution in [-0.4, -0.2) is 62.4 Å². The van der Waals surface area contributed by atoms with Crippen LogP contribution in [0.25, 0.3) is 0 Å². The Labute approximate surface area is 174 Å². The molecular formula is C21H29N3O4S. The molecule has 0 aromatic heterocycles. The first-order valence-corrected chi connectivity index (χ1v) is 10.8. The van der Waals surface area contributed by atoms with E-state index in [1.165, 1.54) is 16.4 Å². The smallest absolute Gasteiger partial charge is 0.243 e. The summed E-state index contributed by atoms with van der Waals surface area (Å²) in [5.74, 6) is 4.92. The summed E-state index contributed by atoms with van der Waals surface area (Å²) in [6, 6.07) is 4.44. The van der Waals surface area contributed by atoms with Gasteiger partial charge in [0.1, 0.15) is 5.75 Å². The molecule has 0 spiro atoms. The standard InChI is InChI=1S/C21H29N3O4S/c1-7-13-23(14-8-2)16-21(25)22-19-15-18(11-12-20(19)28-17(5)6)29(26,27)24(9-3)10-4/h1-2,11-12,15,17H,9-10,13-14,16H2,3-6H3,(H,22,25). The number of sulfonamides is 1. The monoisotopic (exact) mass is 419 g/mol. The summed E-state index contributed by atoms with van der Waals surface area (Å²) in [7, 11) is -3.68. The van der Waals surface area contributed by atoms with Gasteiger partial charge < -0.3 is 10.1 Å². The molecule has 1 amide bonds. The molecule has 0 aliphatic heterocycles. The predicted octanol–water partition coefficient (Wildman–Crippen LogP) is 2.01. The van der Waals surface area contributed by atoms with Crippen molar-refractivity contribution < 1.29 is 17.9 Å². The fourth-order valence-electron chi connectivity index (χ4n) is 2.66. The number of rotatable bonds is 11. The Morgan fingerprint density at radius 2 is 1.76 bits per heavy atom. The van der Waals surface area contributed by atoms with Crippen LogP contribution in [-0.2, 0) is 14.8 Å².